The van der Waals surface area contributed by atoms with Crippen molar-refractivity contribution in [3.05, 3.63) is 42.0 Å². The fourth-order valence-corrected chi connectivity index (χ4v) is 3.97. The molecular weight excluding hydrogens is 232 g/mol. The minimum absolute atomic E-state index is 0.154. The summed E-state index contributed by atoms with van der Waals surface area (Å²) in [5, 5.41) is 0. The van der Waals surface area contributed by atoms with E-state index in [-0.39, 0.29) is 11.7 Å². The van der Waals surface area contributed by atoms with Crippen LogP contribution in [0.2, 0.25) is 0 Å². The summed E-state index contributed by atoms with van der Waals surface area (Å²) in [4.78, 5) is 0.433. The van der Waals surface area contributed by atoms with E-state index in [2.05, 4.69) is 6.58 Å². The van der Waals surface area contributed by atoms with E-state index in [0.717, 1.165) is 30.4 Å². The lowest BCUT2D eigenvalue weighted by atomic mass is 10.1. The average molecular weight is 250 g/mol. The van der Waals surface area contributed by atoms with E-state index in [4.69, 9.17) is 0 Å². The number of hydrogen-bond acceptors (Lipinski definition) is 2. The van der Waals surface area contributed by atoms with Crippen LogP contribution in [0.1, 0.15) is 24.8 Å². The van der Waals surface area contributed by atoms with Gasteiger partial charge in [-0.1, -0.05) is 29.8 Å². The molecule has 0 saturated heterocycles. The molecule has 0 heterocycles. The van der Waals surface area contributed by atoms with Gasteiger partial charge >= 0.3 is 0 Å². The van der Waals surface area contributed by atoms with Crippen LogP contribution in [-0.4, -0.2) is 14.2 Å². The third-order valence-corrected chi connectivity index (χ3v) is 5.26. The summed E-state index contributed by atoms with van der Waals surface area (Å²) < 4.78 is 24.4. The molecule has 0 radical (unpaired) electrons. The van der Waals surface area contributed by atoms with Gasteiger partial charge in [-0.05, 0) is 44.2 Å². The SMILES string of the molecule is C=C1CCCC1CS(=O)(=O)c1ccc(C)cc1. The maximum Gasteiger partial charge on any atom is 0.178 e. The molecule has 1 aliphatic carbocycles. The van der Waals surface area contributed by atoms with Crippen molar-refractivity contribution in [2.45, 2.75) is 31.1 Å². The van der Waals surface area contributed by atoms with Crippen LogP contribution < -0.4 is 0 Å². The number of benzene rings is 1. The summed E-state index contributed by atoms with van der Waals surface area (Å²) in [6.07, 6.45) is 3.02. The molecule has 1 fully saturated rings. The Kier molecular flexibility index (Phi) is 3.38. The first kappa shape index (κ1) is 12.4. The summed E-state index contributed by atoms with van der Waals surface area (Å²) in [6.45, 7) is 5.92. The van der Waals surface area contributed by atoms with Gasteiger partial charge in [0.2, 0.25) is 0 Å². The number of aryl methyl sites for hydroxylation is 1. The first-order chi connectivity index (χ1) is 7.99. The molecule has 0 spiro atoms. The van der Waals surface area contributed by atoms with Gasteiger partial charge in [-0.25, -0.2) is 8.42 Å². The van der Waals surface area contributed by atoms with E-state index in [0.29, 0.717) is 4.90 Å². The maximum atomic E-state index is 12.2. The highest BCUT2D eigenvalue weighted by atomic mass is 32.2. The second kappa shape index (κ2) is 4.65. The van der Waals surface area contributed by atoms with E-state index in [9.17, 15) is 8.42 Å². The Morgan fingerprint density at radius 2 is 1.94 bits per heavy atom. The quantitative estimate of drug-likeness (QED) is 0.772. The molecule has 2 rings (SSSR count). The lowest BCUT2D eigenvalue weighted by Gasteiger charge is -2.11. The van der Waals surface area contributed by atoms with Crippen LogP contribution in [0.3, 0.4) is 0 Å². The average Bonchev–Trinajstić information content (AvgIpc) is 2.64. The first-order valence-corrected chi connectivity index (χ1v) is 7.61. The molecule has 1 aromatic rings. The smallest absolute Gasteiger partial charge is 0.178 e. The fraction of sp³-hybridized carbons (Fsp3) is 0.429. The number of rotatable bonds is 3. The van der Waals surface area contributed by atoms with E-state index < -0.39 is 9.84 Å². The van der Waals surface area contributed by atoms with E-state index in [1.165, 1.54) is 0 Å². The summed E-state index contributed by atoms with van der Waals surface area (Å²) in [5.41, 5.74) is 2.18. The Labute approximate surface area is 103 Å². The summed E-state index contributed by atoms with van der Waals surface area (Å²) in [6, 6.07) is 7.08. The zero-order valence-electron chi connectivity index (χ0n) is 10.1. The van der Waals surface area contributed by atoms with Crippen molar-refractivity contribution in [2.75, 3.05) is 5.75 Å². The highest BCUT2D eigenvalue weighted by Crippen LogP contribution is 2.32. The molecular formula is C14H18O2S. The molecule has 0 aromatic heterocycles. The van der Waals surface area contributed by atoms with Crippen LogP contribution in [0, 0.1) is 12.8 Å². The van der Waals surface area contributed by atoms with Crippen LogP contribution in [-0.2, 0) is 9.84 Å². The van der Waals surface area contributed by atoms with Crippen molar-refractivity contribution in [1.82, 2.24) is 0 Å². The topological polar surface area (TPSA) is 34.1 Å². The summed E-state index contributed by atoms with van der Waals surface area (Å²) in [7, 11) is -3.15. The third kappa shape index (κ3) is 2.78. The van der Waals surface area contributed by atoms with Gasteiger partial charge in [0, 0.05) is 0 Å². The van der Waals surface area contributed by atoms with Crippen molar-refractivity contribution in [1.29, 1.82) is 0 Å². The van der Waals surface area contributed by atoms with Gasteiger partial charge in [-0.3, -0.25) is 0 Å². The second-order valence-electron chi connectivity index (χ2n) is 4.84. The molecule has 0 amide bonds. The van der Waals surface area contributed by atoms with Crippen molar-refractivity contribution in [2.24, 2.45) is 5.92 Å². The predicted molar refractivity (Wildman–Crippen MR) is 69.7 cm³/mol. The third-order valence-electron chi connectivity index (χ3n) is 3.43. The number of hydrogen-bond donors (Lipinski definition) is 0. The first-order valence-electron chi connectivity index (χ1n) is 5.96. The molecule has 92 valence electrons. The zero-order chi connectivity index (χ0) is 12.5. The monoisotopic (exact) mass is 250 g/mol. The van der Waals surface area contributed by atoms with Crippen LogP contribution >= 0.6 is 0 Å². The largest absolute Gasteiger partial charge is 0.224 e. The predicted octanol–water partition coefficient (Wildman–Crippen LogP) is 3.13. The second-order valence-corrected chi connectivity index (χ2v) is 6.88. The van der Waals surface area contributed by atoms with E-state index in [1.54, 1.807) is 12.1 Å². The highest BCUT2D eigenvalue weighted by molar-refractivity contribution is 7.91. The molecule has 1 saturated carbocycles. The summed E-state index contributed by atoms with van der Waals surface area (Å²) >= 11 is 0. The van der Waals surface area contributed by atoms with Crippen LogP contribution in [0.15, 0.2) is 41.3 Å². The van der Waals surface area contributed by atoms with Crippen LogP contribution in [0.4, 0.5) is 0 Å². The van der Waals surface area contributed by atoms with Gasteiger partial charge in [-0.15, -0.1) is 0 Å². The molecule has 1 aliphatic rings. The maximum absolute atomic E-state index is 12.2. The van der Waals surface area contributed by atoms with E-state index >= 15 is 0 Å². The molecule has 1 atom stereocenters. The minimum Gasteiger partial charge on any atom is -0.224 e. The van der Waals surface area contributed by atoms with Gasteiger partial charge in [0.25, 0.3) is 0 Å². The molecule has 1 aromatic carbocycles. The standard InChI is InChI=1S/C14H18O2S/c1-11-6-8-14(9-7-11)17(15,16)10-13-5-3-4-12(13)2/h6-9,13H,2-5,10H2,1H3. The van der Waals surface area contributed by atoms with Crippen molar-refractivity contribution in [3.8, 4) is 0 Å². The highest BCUT2D eigenvalue weighted by Gasteiger charge is 2.26. The Morgan fingerprint density at radius 1 is 1.29 bits per heavy atom. The molecule has 0 aliphatic heterocycles. The van der Waals surface area contributed by atoms with Crippen molar-refractivity contribution >= 4 is 9.84 Å². The van der Waals surface area contributed by atoms with Crippen LogP contribution in [0.25, 0.3) is 0 Å². The van der Waals surface area contributed by atoms with Crippen molar-refractivity contribution < 1.29 is 8.42 Å². The molecule has 1 unspecified atom stereocenters. The lowest BCUT2D eigenvalue weighted by molar-refractivity contribution is 0.580. The molecule has 17 heavy (non-hydrogen) atoms. The van der Waals surface area contributed by atoms with E-state index in [1.807, 2.05) is 19.1 Å². The van der Waals surface area contributed by atoms with Crippen LogP contribution in [0.5, 0.6) is 0 Å². The van der Waals surface area contributed by atoms with Crippen molar-refractivity contribution in [3.63, 3.8) is 0 Å². The molecule has 2 nitrogen and oxygen atoms in total. The Hall–Kier alpha value is -1.09. The molecule has 3 heteroatoms. The summed E-state index contributed by atoms with van der Waals surface area (Å²) in [5.74, 6) is 0.371. The lowest BCUT2D eigenvalue weighted by Crippen LogP contribution is -2.15. The Bertz CT molecular complexity index is 512. The number of sulfone groups is 1. The zero-order valence-corrected chi connectivity index (χ0v) is 11.0. The van der Waals surface area contributed by atoms with Gasteiger partial charge in [0.05, 0.1) is 10.6 Å². The molecule has 0 N–H and O–H groups in total. The van der Waals surface area contributed by atoms with Gasteiger partial charge in [-0.2, -0.15) is 0 Å². The van der Waals surface area contributed by atoms with Gasteiger partial charge in [0.1, 0.15) is 0 Å². The minimum atomic E-state index is -3.15. The van der Waals surface area contributed by atoms with Gasteiger partial charge < -0.3 is 0 Å². The normalized spacial score (nSPS) is 20.8. The Morgan fingerprint density at radius 3 is 2.47 bits per heavy atom. The Balaban J connectivity index is 2.19. The fourth-order valence-electron chi connectivity index (χ4n) is 2.29. The van der Waals surface area contributed by atoms with Gasteiger partial charge in [0.15, 0.2) is 9.84 Å². The number of allylic oxidation sites excluding steroid dienone is 1. The molecule has 0 bridgehead atoms.